The van der Waals surface area contributed by atoms with Crippen molar-refractivity contribution in [2.75, 3.05) is 13.1 Å². The molecule has 0 bridgehead atoms. The normalized spacial score (nSPS) is 19.2. The van der Waals surface area contributed by atoms with E-state index in [0.717, 1.165) is 60.2 Å². The first-order valence-corrected chi connectivity index (χ1v) is 8.61. The minimum Gasteiger partial charge on any atom is -0.339 e. The minimum absolute atomic E-state index is 0.309. The van der Waals surface area contributed by atoms with Crippen LogP contribution in [0.15, 0.2) is 22.7 Å². The van der Waals surface area contributed by atoms with Crippen molar-refractivity contribution >= 4 is 22.6 Å². The zero-order chi connectivity index (χ0) is 16.7. The van der Waals surface area contributed by atoms with E-state index in [9.17, 15) is 0 Å². The highest BCUT2D eigenvalue weighted by Gasteiger charge is 2.26. The van der Waals surface area contributed by atoms with Crippen molar-refractivity contribution in [3.8, 4) is 0 Å². The number of hydrogen-bond donors (Lipinski definition) is 0. The number of aryl methyl sites for hydroxylation is 2. The van der Waals surface area contributed by atoms with E-state index in [-0.39, 0.29) is 0 Å². The Kier molecular flexibility index (Phi) is 4.02. The molecule has 7 heteroatoms. The molecule has 1 aromatic carbocycles. The number of halogens is 1. The van der Waals surface area contributed by atoms with Gasteiger partial charge in [0, 0.05) is 18.6 Å². The lowest BCUT2D eigenvalue weighted by molar-refractivity contribution is 0.175. The monoisotopic (exact) mass is 345 g/mol. The number of piperidine rings is 1. The number of nitrogens with zero attached hydrogens (tertiary/aromatic N) is 5. The van der Waals surface area contributed by atoms with Crippen LogP contribution in [0.1, 0.15) is 36.3 Å². The molecule has 0 aliphatic carbocycles. The molecule has 126 valence electrons. The Balaban J connectivity index is 1.53. The summed E-state index contributed by atoms with van der Waals surface area (Å²) in [6, 6.07) is 5.85. The molecule has 6 nitrogen and oxygen atoms in total. The van der Waals surface area contributed by atoms with Crippen LogP contribution in [0.3, 0.4) is 0 Å². The molecule has 3 heterocycles. The minimum atomic E-state index is 0.309. The zero-order valence-corrected chi connectivity index (χ0v) is 14.6. The first kappa shape index (κ1) is 15.6. The molecule has 1 saturated heterocycles. The van der Waals surface area contributed by atoms with E-state index >= 15 is 0 Å². The third-order valence-electron chi connectivity index (χ3n) is 4.70. The number of benzene rings is 1. The molecule has 1 atom stereocenters. The second-order valence-electron chi connectivity index (χ2n) is 6.47. The molecule has 24 heavy (non-hydrogen) atoms. The first-order chi connectivity index (χ1) is 11.6. The molecule has 2 aromatic heterocycles. The van der Waals surface area contributed by atoms with E-state index < -0.39 is 0 Å². The third kappa shape index (κ3) is 2.91. The van der Waals surface area contributed by atoms with Gasteiger partial charge in [-0.05, 0) is 44.5 Å². The zero-order valence-electron chi connectivity index (χ0n) is 13.9. The molecule has 4 rings (SSSR count). The van der Waals surface area contributed by atoms with Gasteiger partial charge in [0.25, 0.3) is 0 Å². The van der Waals surface area contributed by atoms with Crippen LogP contribution in [0.5, 0.6) is 0 Å². The highest BCUT2D eigenvalue weighted by molar-refractivity contribution is 6.31. The van der Waals surface area contributed by atoms with Crippen molar-refractivity contribution in [2.24, 2.45) is 7.05 Å². The number of likely N-dealkylation sites (tertiary alicyclic amines) is 1. The highest BCUT2D eigenvalue weighted by atomic mass is 35.5. The predicted molar refractivity (Wildman–Crippen MR) is 92.0 cm³/mol. The molecule has 1 aliphatic heterocycles. The fourth-order valence-electron chi connectivity index (χ4n) is 3.44. The summed E-state index contributed by atoms with van der Waals surface area (Å²) in [4.78, 5) is 11.6. The van der Waals surface area contributed by atoms with Gasteiger partial charge in [-0.25, -0.2) is 4.98 Å². The number of hydrogen-bond acceptors (Lipinski definition) is 5. The summed E-state index contributed by atoms with van der Waals surface area (Å²) in [6.07, 6.45) is 2.22. The van der Waals surface area contributed by atoms with Gasteiger partial charge in [0.2, 0.25) is 5.89 Å². The van der Waals surface area contributed by atoms with Crippen molar-refractivity contribution in [2.45, 2.75) is 32.2 Å². The van der Waals surface area contributed by atoms with E-state index in [4.69, 9.17) is 21.1 Å². The molecule has 0 amide bonds. The molecule has 0 unspecified atom stereocenters. The molecule has 0 N–H and O–H groups in total. The first-order valence-electron chi connectivity index (χ1n) is 8.23. The second-order valence-corrected chi connectivity index (χ2v) is 6.91. The summed E-state index contributed by atoms with van der Waals surface area (Å²) in [7, 11) is 2.06. The van der Waals surface area contributed by atoms with Gasteiger partial charge in [-0.15, -0.1) is 0 Å². The Labute approximate surface area is 145 Å². The molecule has 0 spiro atoms. The average molecular weight is 346 g/mol. The van der Waals surface area contributed by atoms with Crippen LogP contribution < -0.4 is 0 Å². The van der Waals surface area contributed by atoms with Crippen molar-refractivity contribution in [1.29, 1.82) is 0 Å². The summed E-state index contributed by atoms with van der Waals surface area (Å²) in [5.41, 5.74) is 2.05. The average Bonchev–Trinajstić information content (AvgIpc) is 3.12. The molecule has 0 radical (unpaired) electrons. The number of fused-ring (bicyclic) bond motifs is 1. The standard InChI is InChI=1S/C17H20ClN5O/c1-11-19-17(24-21-11)12-4-3-7-23(9-12)10-16-20-14-8-13(18)5-6-15(14)22(16)2/h5-6,8,12H,3-4,7,9-10H2,1-2H3/t12-/m0/s1. The number of imidazole rings is 1. The molecular formula is C17H20ClN5O. The lowest BCUT2D eigenvalue weighted by Crippen LogP contribution is -2.34. The third-order valence-corrected chi connectivity index (χ3v) is 4.93. The maximum Gasteiger partial charge on any atom is 0.231 e. The molecule has 0 saturated carbocycles. The Bertz CT molecular complexity index is 871. The van der Waals surface area contributed by atoms with Crippen LogP contribution in [0.4, 0.5) is 0 Å². The summed E-state index contributed by atoms with van der Waals surface area (Å²) < 4.78 is 7.51. The topological polar surface area (TPSA) is 60.0 Å². The van der Waals surface area contributed by atoms with Crippen molar-refractivity contribution in [3.05, 3.63) is 40.8 Å². The quantitative estimate of drug-likeness (QED) is 0.729. The molecule has 3 aromatic rings. The highest BCUT2D eigenvalue weighted by Crippen LogP contribution is 2.27. The molecule has 1 aliphatic rings. The Morgan fingerprint density at radius 2 is 2.21 bits per heavy atom. The second kappa shape index (κ2) is 6.18. The van der Waals surface area contributed by atoms with E-state index in [1.54, 1.807) is 0 Å². The van der Waals surface area contributed by atoms with E-state index in [1.807, 2.05) is 25.1 Å². The van der Waals surface area contributed by atoms with E-state index in [1.165, 1.54) is 0 Å². The Morgan fingerprint density at radius 3 is 3.00 bits per heavy atom. The van der Waals surface area contributed by atoms with Crippen LogP contribution in [-0.2, 0) is 13.6 Å². The fraction of sp³-hybridized carbons (Fsp3) is 0.471. The lowest BCUT2D eigenvalue weighted by Gasteiger charge is -2.30. The van der Waals surface area contributed by atoms with E-state index in [0.29, 0.717) is 11.7 Å². The van der Waals surface area contributed by atoms with Crippen LogP contribution in [0.2, 0.25) is 5.02 Å². The van der Waals surface area contributed by atoms with Crippen LogP contribution in [0, 0.1) is 6.92 Å². The summed E-state index contributed by atoms with van der Waals surface area (Å²) in [6.45, 7) is 4.66. The van der Waals surface area contributed by atoms with Crippen molar-refractivity contribution in [1.82, 2.24) is 24.6 Å². The van der Waals surface area contributed by atoms with Crippen LogP contribution in [0.25, 0.3) is 11.0 Å². The van der Waals surface area contributed by atoms with Gasteiger partial charge >= 0.3 is 0 Å². The SMILES string of the molecule is Cc1noc([C@H]2CCCN(Cc3nc4cc(Cl)ccc4n3C)C2)n1. The largest absolute Gasteiger partial charge is 0.339 e. The van der Waals surface area contributed by atoms with Gasteiger partial charge < -0.3 is 9.09 Å². The van der Waals surface area contributed by atoms with Crippen molar-refractivity contribution in [3.63, 3.8) is 0 Å². The maximum absolute atomic E-state index is 6.08. The number of rotatable bonds is 3. The van der Waals surface area contributed by atoms with Gasteiger partial charge in [-0.3, -0.25) is 4.90 Å². The summed E-state index contributed by atoms with van der Waals surface area (Å²) >= 11 is 6.08. The maximum atomic E-state index is 6.08. The van der Waals surface area contributed by atoms with E-state index in [2.05, 4.69) is 26.7 Å². The van der Waals surface area contributed by atoms with Gasteiger partial charge in [-0.1, -0.05) is 16.8 Å². The Hall–Kier alpha value is -1.92. The molecule has 1 fully saturated rings. The van der Waals surface area contributed by atoms with Crippen molar-refractivity contribution < 1.29 is 4.52 Å². The number of aromatic nitrogens is 4. The lowest BCUT2D eigenvalue weighted by atomic mass is 9.98. The smallest absolute Gasteiger partial charge is 0.231 e. The van der Waals surface area contributed by atoms with Crippen LogP contribution in [-0.4, -0.2) is 37.7 Å². The summed E-state index contributed by atoms with van der Waals surface area (Å²) in [5, 5.41) is 4.64. The van der Waals surface area contributed by atoms with Gasteiger partial charge in [0.05, 0.1) is 23.5 Å². The predicted octanol–water partition coefficient (Wildman–Crippen LogP) is 3.30. The molecular weight excluding hydrogens is 326 g/mol. The van der Waals surface area contributed by atoms with Crippen LogP contribution >= 0.6 is 11.6 Å². The van der Waals surface area contributed by atoms with Gasteiger partial charge in [-0.2, -0.15) is 4.98 Å². The fourth-order valence-corrected chi connectivity index (χ4v) is 3.61. The summed E-state index contributed by atoms with van der Waals surface area (Å²) in [5.74, 6) is 2.82. The Morgan fingerprint density at radius 1 is 1.33 bits per heavy atom. The van der Waals surface area contributed by atoms with Gasteiger partial charge in [0.1, 0.15) is 5.82 Å². The van der Waals surface area contributed by atoms with Gasteiger partial charge in [0.15, 0.2) is 5.82 Å².